The second-order valence-electron chi connectivity index (χ2n) is 4.72. The van der Waals surface area contributed by atoms with Crippen molar-refractivity contribution in [2.75, 3.05) is 20.1 Å². The van der Waals surface area contributed by atoms with E-state index in [0.717, 1.165) is 24.0 Å². The summed E-state index contributed by atoms with van der Waals surface area (Å²) in [5.41, 5.74) is 1.39. The molecule has 0 saturated heterocycles. The van der Waals surface area contributed by atoms with Crippen LogP contribution in [-0.2, 0) is 0 Å². The van der Waals surface area contributed by atoms with Gasteiger partial charge < -0.3 is 21.5 Å². The Morgan fingerprint density at radius 2 is 1.78 bits per heavy atom. The molecule has 0 aliphatic carbocycles. The predicted octanol–water partition coefficient (Wildman–Crippen LogP) is 0.960. The number of quaternary nitrogens is 1. The molecule has 0 heterocycles. The maximum Gasteiger partial charge on any atom is 0.118 e. The van der Waals surface area contributed by atoms with Gasteiger partial charge in [-0.2, -0.15) is 0 Å². The summed E-state index contributed by atoms with van der Waals surface area (Å²) in [6.45, 7) is 12.1. The summed E-state index contributed by atoms with van der Waals surface area (Å²) in [5, 5.41) is 0. The lowest BCUT2D eigenvalue weighted by Crippen LogP contribution is -3.00. The van der Waals surface area contributed by atoms with Gasteiger partial charge in [0.25, 0.3) is 0 Å². The van der Waals surface area contributed by atoms with Crippen molar-refractivity contribution < 1.29 is 21.5 Å². The largest absolute Gasteiger partial charge is 1.00 e. The van der Waals surface area contributed by atoms with Crippen LogP contribution in [0, 0.1) is 0 Å². The van der Waals surface area contributed by atoms with Crippen LogP contribution in [0.5, 0.6) is 0 Å². The molecule has 0 amide bonds. The first-order valence-corrected chi connectivity index (χ1v) is 6.29. The third-order valence-corrected chi connectivity index (χ3v) is 3.60. The minimum Gasteiger partial charge on any atom is -1.00 e. The van der Waals surface area contributed by atoms with Gasteiger partial charge in [0.05, 0.1) is 20.1 Å². The van der Waals surface area contributed by atoms with Gasteiger partial charge in [0.1, 0.15) is 6.04 Å². The van der Waals surface area contributed by atoms with Crippen molar-refractivity contribution >= 4 is 0 Å². The number of nitrogens with zero attached hydrogens (tertiary/aromatic N) is 1. The minimum atomic E-state index is 0. The summed E-state index contributed by atoms with van der Waals surface area (Å²) >= 11 is 0. The van der Waals surface area contributed by atoms with E-state index >= 15 is 0 Å². The molecular weight excluding hydrogens is 286 g/mol. The number of halogens is 1. The highest BCUT2D eigenvalue weighted by Gasteiger charge is 2.30. The molecule has 0 N–H and O–H groups in total. The van der Waals surface area contributed by atoms with Crippen LogP contribution in [0.15, 0.2) is 55.6 Å². The van der Waals surface area contributed by atoms with Crippen LogP contribution >= 0.6 is 0 Å². The summed E-state index contributed by atoms with van der Waals surface area (Å²) in [4.78, 5) is 0. The van der Waals surface area contributed by atoms with E-state index in [4.69, 9.17) is 0 Å². The molecule has 0 saturated carbocycles. The van der Waals surface area contributed by atoms with Gasteiger partial charge in [0.15, 0.2) is 0 Å². The Labute approximate surface area is 122 Å². The zero-order valence-corrected chi connectivity index (χ0v) is 13.1. The molecule has 0 aliphatic rings. The van der Waals surface area contributed by atoms with Gasteiger partial charge in [-0.3, -0.25) is 0 Å². The van der Waals surface area contributed by atoms with Crippen molar-refractivity contribution in [3.05, 3.63) is 61.2 Å². The summed E-state index contributed by atoms with van der Waals surface area (Å²) < 4.78 is 0.986. The lowest BCUT2D eigenvalue weighted by molar-refractivity contribution is -0.932. The molecule has 2 heteroatoms. The van der Waals surface area contributed by atoms with E-state index in [0.29, 0.717) is 6.04 Å². The summed E-state index contributed by atoms with van der Waals surface area (Å²) in [5.74, 6) is 0. The zero-order valence-electron chi connectivity index (χ0n) is 11.5. The number of hydrogen-bond acceptors (Lipinski definition) is 0. The van der Waals surface area contributed by atoms with Crippen LogP contribution < -0.4 is 17.0 Å². The molecule has 2 unspecified atom stereocenters. The van der Waals surface area contributed by atoms with Crippen LogP contribution in [0.25, 0.3) is 0 Å². The third-order valence-electron chi connectivity index (χ3n) is 3.60. The van der Waals surface area contributed by atoms with E-state index in [9.17, 15) is 0 Å². The predicted molar refractivity (Wildman–Crippen MR) is 75.8 cm³/mol. The number of rotatable bonds is 7. The molecule has 0 radical (unpaired) electrons. The van der Waals surface area contributed by atoms with Gasteiger partial charge in [-0.05, 0) is 13.0 Å². The van der Waals surface area contributed by atoms with Crippen LogP contribution in [0.4, 0.5) is 0 Å². The van der Waals surface area contributed by atoms with Gasteiger partial charge in [0.2, 0.25) is 0 Å². The smallest absolute Gasteiger partial charge is 0.118 e. The van der Waals surface area contributed by atoms with Crippen LogP contribution in [0.3, 0.4) is 0 Å². The quantitative estimate of drug-likeness (QED) is 0.520. The summed E-state index contributed by atoms with van der Waals surface area (Å²) in [7, 11) is 2.29. The lowest BCUT2D eigenvalue weighted by Gasteiger charge is -2.40. The molecule has 1 rings (SSSR count). The van der Waals surface area contributed by atoms with E-state index in [1.807, 2.05) is 12.2 Å². The number of likely N-dealkylation sites (N-methyl/N-ethyl adjacent to an activating group) is 1. The first-order valence-electron chi connectivity index (χ1n) is 6.29. The molecular formula is C16H24BrN. The fourth-order valence-electron chi connectivity index (χ4n) is 2.36. The maximum absolute atomic E-state index is 3.90. The van der Waals surface area contributed by atoms with Crippen molar-refractivity contribution in [2.45, 2.75) is 19.4 Å². The van der Waals surface area contributed by atoms with Crippen LogP contribution in [0.1, 0.15) is 24.9 Å². The Bertz CT molecular complexity index is 361. The molecule has 0 fully saturated rings. The van der Waals surface area contributed by atoms with Crippen molar-refractivity contribution in [2.24, 2.45) is 0 Å². The van der Waals surface area contributed by atoms with Gasteiger partial charge in [-0.1, -0.05) is 43.0 Å². The van der Waals surface area contributed by atoms with Crippen LogP contribution in [0.2, 0.25) is 0 Å². The summed E-state index contributed by atoms with van der Waals surface area (Å²) in [6, 6.07) is 11.2. The molecule has 0 aromatic heterocycles. The van der Waals surface area contributed by atoms with Gasteiger partial charge in [0, 0.05) is 12.0 Å². The highest BCUT2D eigenvalue weighted by molar-refractivity contribution is 5.18. The maximum atomic E-state index is 3.90. The molecule has 100 valence electrons. The Morgan fingerprint density at radius 1 is 1.17 bits per heavy atom. The van der Waals surface area contributed by atoms with E-state index in [2.05, 4.69) is 57.5 Å². The second kappa shape index (κ2) is 8.28. The van der Waals surface area contributed by atoms with Gasteiger partial charge >= 0.3 is 0 Å². The minimum absolute atomic E-state index is 0. The average molecular weight is 310 g/mol. The van der Waals surface area contributed by atoms with Crippen molar-refractivity contribution in [1.29, 1.82) is 0 Å². The van der Waals surface area contributed by atoms with Gasteiger partial charge in [-0.15, -0.1) is 6.58 Å². The zero-order chi connectivity index (χ0) is 12.7. The average Bonchev–Trinajstić information content (AvgIpc) is 2.37. The first kappa shape index (κ1) is 17.1. The van der Waals surface area contributed by atoms with Gasteiger partial charge in [-0.25, -0.2) is 0 Å². The van der Waals surface area contributed by atoms with Crippen molar-refractivity contribution in [3.8, 4) is 0 Å². The number of hydrogen-bond donors (Lipinski definition) is 0. The Morgan fingerprint density at radius 3 is 2.22 bits per heavy atom. The fourth-order valence-corrected chi connectivity index (χ4v) is 2.36. The summed E-state index contributed by atoms with van der Waals surface area (Å²) in [6.07, 6.45) is 5.04. The highest BCUT2D eigenvalue weighted by Crippen LogP contribution is 2.30. The molecule has 1 nitrogen and oxygen atoms in total. The normalized spacial score (nSPS) is 15.0. The van der Waals surface area contributed by atoms with E-state index in [1.54, 1.807) is 0 Å². The molecule has 0 bridgehead atoms. The van der Waals surface area contributed by atoms with E-state index in [1.165, 1.54) is 5.56 Å². The van der Waals surface area contributed by atoms with Crippen molar-refractivity contribution in [3.63, 3.8) is 0 Å². The number of benzene rings is 1. The Balaban J connectivity index is 0.00000289. The second-order valence-corrected chi connectivity index (χ2v) is 4.72. The standard InChI is InChI=1S/C16H24N.BrH/c1-5-11-16(15-12-9-8-10-13-15)17(4,7-3)14-6-2;/h5-6,8-10,12-13,16H,1-2,7,11,14H2,3-4H3;1H/q+1;/p-1. The van der Waals surface area contributed by atoms with Crippen molar-refractivity contribution in [1.82, 2.24) is 0 Å². The highest BCUT2D eigenvalue weighted by atomic mass is 79.9. The van der Waals surface area contributed by atoms with Crippen LogP contribution in [-0.4, -0.2) is 24.6 Å². The molecule has 0 spiro atoms. The molecule has 0 aliphatic heterocycles. The SMILES string of the molecule is C=CCC(c1ccccc1)[N+](C)(CC)CC=C.[Br-]. The van der Waals surface area contributed by atoms with E-state index in [-0.39, 0.29) is 17.0 Å². The molecule has 2 atom stereocenters. The Hall–Kier alpha value is -0.860. The fraction of sp³-hybridized carbons (Fsp3) is 0.375. The molecule has 18 heavy (non-hydrogen) atoms. The Kier molecular flexibility index (Phi) is 7.88. The molecule has 1 aromatic rings. The lowest BCUT2D eigenvalue weighted by atomic mass is 9.99. The third kappa shape index (κ3) is 4.11. The van der Waals surface area contributed by atoms with E-state index < -0.39 is 0 Å². The first-order chi connectivity index (χ1) is 8.18. The monoisotopic (exact) mass is 309 g/mol. The molecule has 1 aromatic carbocycles. The topological polar surface area (TPSA) is 0 Å².